The molecule has 9 nitrogen and oxygen atoms in total. The lowest BCUT2D eigenvalue weighted by Gasteiger charge is -2.28. The molecule has 4 aromatic rings. The van der Waals surface area contributed by atoms with Crippen molar-refractivity contribution in [3.05, 3.63) is 66.2 Å². The number of rotatable bonds is 10. The second-order valence-corrected chi connectivity index (χ2v) is 8.92. The SMILES string of the molecule is COc1ccc(CCNc2nc(Nc3ccc(N4CCOCC4)cc3)nc3cc(OC)c(OC)cc23)cc1. The molecule has 9 heteroatoms. The van der Waals surface area contributed by atoms with Gasteiger partial charge in [-0.2, -0.15) is 4.98 Å². The predicted molar refractivity (Wildman–Crippen MR) is 151 cm³/mol. The van der Waals surface area contributed by atoms with Gasteiger partial charge in [0.25, 0.3) is 0 Å². The molecular weight excluding hydrogens is 482 g/mol. The van der Waals surface area contributed by atoms with E-state index < -0.39 is 0 Å². The largest absolute Gasteiger partial charge is 0.497 e. The average Bonchev–Trinajstić information content (AvgIpc) is 2.97. The lowest BCUT2D eigenvalue weighted by molar-refractivity contribution is 0.122. The number of nitrogens with one attached hydrogen (secondary N) is 2. The molecule has 1 aliphatic heterocycles. The van der Waals surface area contributed by atoms with Crippen molar-refractivity contribution in [1.82, 2.24) is 9.97 Å². The van der Waals surface area contributed by atoms with Gasteiger partial charge in [-0.05, 0) is 54.4 Å². The molecular formula is C29H33N5O4. The minimum atomic E-state index is 0.496. The van der Waals surface area contributed by atoms with Crippen molar-refractivity contribution < 1.29 is 18.9 Å². The third kappa shape index (κ3) is 5.84. The molecule has 0 spiro atoms. The number of morpholine rings is 1. The van der Waals surface area contributed by atoms with Crippen LogP contribution in [0.3, 0.4) is 0 Å². The number of methoxy groups -OCH3 is 3. The molecule has 2 heterocycles. The van der Waals surface area contributed by atoms with Gasteiger partial charge in [-0.25, -0.2) is 4.98 Å². The Kier molecular flexibility index (Phi) is 7.94. The van der Waals surface area contributed by atoms with Gasteiger partial charge in [0.15, 0.2) is 11.5 Å². The number of hydrogen-bond acceptors (Lipinski definition) is 9. The zero-order valence-electron chi connectivity index (χ0n) is 22.0. The molecule has 3 aromatic carbocycles. The summed E-state index contributed by atoms with van der Waals surface area (Å²) in [6.07, 6.45) is 0.828. The third-order valence-corrected chi connectivity index (χ3v) is 6.57. The lowest BCUT2D eigenvalue weighted by Crippen LogP contribution is -2.36. The molecule has 2 N–H and O–H groups in total. The van der Waals surface area contributed by atoms with E-state index in [9.17, 15) is 0 Å². The van der Waals surface area contributed by atoms with E-state index in [0.717, 1.165) is 60.9 Å². The molecule has 0 saturated carbocycles. The van der Waals surface area contributed by atoms with E-state index in [1.54, 1.807) is 21.3 Å². The van der Waals surface area contributed by atoms with Gasteiger partial charge in [0.2, 0.25) is 5.95 Å². The number of anilines is 4. The van der Waals surface area contributed by atoms with Crippen LogP contribution in [0, 0.1) is 0 Å². The van der Waals surface area contributed by atoms with Gasteiger partial charge in [-0.3, -0.25) is 0 Å². The summed E-state index contributed by atoms with van der Waals surface area (Å²) in [5, 5.41) is 7.71. The maximum absolute atomic E-state index is 5.53. The van der Waals surface area contributed by atoms with Gasteiger partial charge in [0.1, 0.15) is 11.6 Å². The molecule has 1 fully saturated rings. The fourth-order valence-corrected chi connectivity index (χ4v) is 4.47. The van der Waals surface area contributed by atoms with Crippen LogP contribution in [0.1, 0.15) is 5.56 Å². The molecule has 1 aliphatic rings. The maximum atomic E-state index is 5.53. The van der Waals surface area contributed by atoms with Crippen molar-refractivity contribution in [1.29, 1.82) is 0 Å². The Bertz CT molecular complexity index is 1360. The van der Waals surface area contributed by atoms with Gasteiger partial charge in [0.05, 0.1) is 40.1 Å². The summed E-state index contributed by atoms with van der Waals surface area (Å²) in [5.74, 6) is 3.30. The average molecular weight is 516 g/mol. The van der Waals surface area contributed by atoms with Crippen LogP contribution in [0.2, 0.25) is 0 Å². The minimum Gasteiger partial charge on any atom is -0.497 e. The quantitative estimate of drug-likeness (QED) is 0.306. The van der Waals surface area contributed by atoms with E-state index >= 15 is 0 Å². The van der Waals surface area contributed by atoms with Gasteiger partial charge < -0.3 is 34.5 Å². The van der Waals surface area contributed by atoms with Crippen LogP contribution in [0.5, 0.6) is 17.2 Å². The number of benzene rings is 3. The van der Waals surface area contributed by atoms with Crippen molar-refractivity contribution >= 4 is 34.0 Å². The number of nitrogens with zero attached hydrogens (tertiary/aromatic N) is 3. The first-order valence-electron chi connectivity index (χ1n) is 12.7. The lowest BCUT2D eigenvalue weighted by atomic mass is 10.1. The van der Waals surface area contributed by atoms with E-state index in [1.807, 2.05) is 36.4 Å². The van der Waals surface area contributed by atoms with Crippen LogP contribution in [0.25, 0.3) is 10.9 Å². The molecule has 0 amide bonds. The van der Waals surface area contributed by atoms with E-state index in [0.29, 0.717) is 24.0 Å². The number of aromatic nitrogens is 2. The van der Waals surface area contributed by atoms with Gasteiger partial charge in [0, 0.05) is 42.5 Å². The third-order valence-electron chi connectivity index (χ3n) is 6.57. The monoisotopic (exact) mass is 515 g/mol. The fraction of sp³-hybridized carbons (Fsp3) is 0.310. The zero-order chi connectivity index (χ0) is 26.3. The van der Waals surface area contributed by atoms with E-state index in [4.69, 9.17) is 28.9 Å². The van der Waals surface area contributed by atoms with Crippen molar-refractivity contribution in [3.63, 3.8) is 0 Å². The molecule has 1 saturated heterocycles. The molecule has 0 bridgehead atoms. The van der Waals surface area contributed by atoms with E-state index in [2.05, 4.69) is 39.8 Å². The van der Waals surface area contributed by atoms with Gasteiger partial charge >= 0.3 is 0 Å². The van der Waals surface area contributed by atoms with Crippen molar-refractivity contribution in [3.8, 4) is 17.2 Å². The van der Waals surface area contributed by atoms with Crippen LogP contribution in [-0.2, 0) is 11.2 Å². The predicted octanol–water partition coefficient (Wildman–Crippen LogP) is 4.89. The first-order valence-corrected chi connectivity index (χ1v) is 12.7. The molecule has 5 rings (SSSR count). The van der Waals surface area contributed by atoms with Crippen LogP contribution >= 0.6 is 0 Å². The second kappa shape index (κ2) is 11.9. The minimum absolute atomic E-state index is 0.496. The van der Waals surface area contributed by atoms with Crippen LogP contribution < -0.4 is 29.7 Å². The van der Waals surface area contributed by atoms with Crippen LogP contribution in [-0.4, -0.2) is 64.1 Å². The van der Waals surface area contributed by atoms with E-state index in [1.165, 1.54) is 11.3 Å². The Morgan fingerprint density at radius 3 is 2.24 bits per heavy atom. The fourth-order valence-electron chi connectivity index (χ4n) is 4.47. The molecule has 198 valence electrons. The topological polar surface area (TPSA) is 90.0 Å². The first-order chi connectivity index (χ1) is 18.7. The Labute approximate surface area is 222 Å². The molecule has 38 heavy (non-hydrogen) atoms. The Balaban J connectivity index is 1.39. The smallest absolute Gasteiger partial charge is 0.229 e. The highest BCUT2D eigenvalue weighted by Gasteiger charge is 2.15. The summed E-state index contributed by atoms with van der Waals surface area (Å²) in [6, 6.07) is 20.2. The second-order valence-electron chi connectivity index (χ2n) is 8.92. The number of hydrogen-bond donors (Lipinski definition) is 2. The summed E-state index contributed by atoms with van der Waals surface area (Å²) in [6.45, 7) is 4.01. The highest BCUT2D eigenvalue weighted by Crippen LogP contribution is 2.35. The summed E-state index contributed by atoms with van der Waals surface area (Å²) in [5.41, 5.74) is 4.04. The summed E-state index contributed by atoms with van der Waals surface area (Å²) in [7, 11) is 4.91. The standard InChI is InChI=1S/C29H33N5O4/c1-35-23-10-4-20(5-11-23)12-13-30-28-24-18-26(36-2)27(37-3)19-25(24)32-29(33-28)31-21-6-8-22(9-7-21)34-14-16-38-17-15-34/h4-11,18-19H,12-17H2,1-3H3,(H2,30,31,32,33). The van der Waals surface area contributed by atoms with Crippen LogP contribution in [0.4, 0.5) is 23.1 Å². The van der Waals surface area contributed by atoms with Crippen molar-refractivity contribution in [2.24, 2.45) is 0 Å². The Hall–Kier alpha value is -4.24. The highest BCUT2D eigenvalue weighted by atomic mass is 16.5. The molecule has 0 unspecified atom stereocenters. The highest BCUT2D eigenvalue weighted by molar-refractivity contribution is 5.93. The van der Waals surface area contributed by atoms with Crippen molar-refractivity contribution in [2.75, 3.05) is 69.7 Å². The van der Waals surface area contributed by atoms with Gasteiger partial charge in [-0.15, -0.1) is 0 Å². The van der Waals surface area contributed by atoms with E-state index in [-0.39, 0.29) is 0 Å². The summed E-state index contributed by atoms with van der Waals surface area (Å²) < 4.78 is 21.8. The zero-order valence-corrected chi connectivity index (χ0v) is 22.0. The normalized spacial score (nSPS) is 13.3. The molecule has 0 radical (unpaired) electrons. The summed E-state index contributed by atoms with van der Waals surface area (Å²) in [4.78, 5) is 11.9. The van der Waals surface area contributed by atoms with Crippen molar-refractivity contribution in [2.45, 2.75) is 6.42 Å². The molecule has 0 atom stereocenters. The number of fused-ring (bicyclic) bond motifs is 1. The Morgan fingerprint density at radius 2 is 1.55 bits per heavy atom. The molecule has 1 aromatic heterocycles. The number of ether oxygens (including phenoxy) is 4. The Morgan fingerprint density at radius 1 is 0.842 bits per heavy atom. The van der Waals surface area contributed by atoms with Gasteiger partial charge in [-0.1, -0.05) is 12.1 Å². The van der Waals surface area contributed by atoms with Crippen LogP contribution in [0.15, 0.2) is 60.7 Å². The first kappa shape index (κ1) is 25.4. The summed E-state index contributed by atoms with van der Waals surface area (Å²) >= 11 is 0. The molecule has 0 aliphatic carbocycles. The maximum Gasteiger partial charge on any atom is 0.229 e.